The van der Waals surface area contributed by atoms with Gasteiger partial charge >= 0.3 is 11.9 Å². The predicted octanol–water partition coefficient (Wildman–Crippen LogP) is -3.92. The minimum Gasteiger partial charge on any atom is -0.481 e. The highest BCUT2D eigenvalue weighted by molar-refractivity contribution is 5.93. The average Bonchev–Trinajstić information content (AvgIpc) is 2.62. The molecule has 0 fully saturated rings. The maximum absolute atomic E-state index is 12.3. The van der Waals surface area contributed by atoms with Crippen LogP contribution in [-0.4, -0.2) is 82.8 Å². The van der Waals surface area contributed by atoms with E-state index < -0.39 is 67.4 Å². The minimum absolute atomic E-state index is 0.171. The second-order valence-corrected chi connectivity index (χ2v) is 5.91. The molecule has 13 nitrogen and oxygen atoms in total. The summed E-state index contributed by atoms with van der Waals surface area (Å²) < 4.78 is 0. The summed E-state index contributed by atoms with van der Waals surface area (Å²) in [6, 6.07) is -3.95. The van der Waals surface area contributed by atoms with Crippen molar-refractivity contribution in [2.45, 2.75) is 43.8 Å². The highest BCUT2D eigenvalue weighted by Crippen LogP contribution is 2.02. The van der Waals surface area contributed by atoms with Gasteiger partial charge in [-0.3, -0.25) is 19.2 Å². The highest BCUT2D eigenvalue weighted by Gasteiger charge is 2.25. The number of carboxylic acids is 2. The molecule has 13 heteroatoms. The Hall–Kier alpha value is -2.77. The zero-order chi connectivity index (χ0) is 21.7. The molecule has 10 N–H and O–H groups in total. The van der Waals surface area contributed by atoms with Gasteiger partial charge in [0.15, 0.2) is 0 Å². The molecule has 0 aliphatic heterocycles. The Balaban J connectivity index is 4.78. The predicted molar refractivity (Wildman–Crippen MR) is 94.7 cm³/mol. The van der Waals surface area contributed by atoms with Crippen molar-refractivity contribution < 1.29 is 39.3 Å². The van der Waals surface area contributed by atoms with Crippen molar-refractivity contribution in [1.82, 2.24) is 16.0 Å². The van der Waals surface area contributed by atoms with Crippen LogP contribution in [0.1, 0.15) is 25.7 Å². The first-order valence-corrected chi connectivity index (χ1v) is 8.50. The molecule has 28 heavy (non-hydrogen) atoms. The van der Waals surface area contributed by atoms with Crippen molar-refractivity contribution in [3.63, 3.8) is 0 Å². The Bertz CT molecular complexity index is 571. The molecule has 3 amide bonds. The normalized spacial score (nSPS) is 13.7. The van der Waals surface area contributed by atoms with E-state index in [1.165, 1.54) is 0 Å². The highest BCUT2D eigenvalue weighted by atomic mass is 16.4. The van der Waals surface area contributed by atoms with E-state index in [-0.39, 0.29) is 6.42 Å². The van der Waals surface area contributed by atoms with Crippen molar-refractivity contribution in [1.29, 1.82) is 0 Å². The summed E-state index contributed by atoms with van der Waals surface area (Å²) in [5.74, 6) is -5.16. The van der Waals surface area contributed by atoms with Gasteiger partial charge in [0.05, 0.1) is 25.6 Å². The van der Waals surface area contributed by atoms with Crippen LogP contribution in [-0.2, 0) is 24.0 Å². The number of carboxylic acid groups (broad SMARTS) is 2. The first-order chi connectivity index (χ1) is 13.1. The second-order valence-electron chi connectivity index (χ2n) is 5.91. The maximum Gasteiger partial charge on any atom is 0.328 e. The van der Waals surface area contributed by atoms with Crippen molar-refractivity contribution in [2.24, 2.45) is 11.5 Å². The molecule has 0 aromatic heterocycles. The van der Waals surface area contributed by atoms with Gasteiger partial charge in [0.2, 0.25) is 17.7 Å². The van der Waals surface area contributed by atoms with Gasteiger partial charge in [-0.05, 0) is 25.8 Å². The SMILES string of the molecule is NCCCCC(NC(=O)C(N)CC(=O)O)C(=O)NCC(=O)NC(CO)C(=O)O. The molecule has 0 aliphatic rings. The van der Waals surface area contributed by atoms with Crippen LogP contribution >= 0.6 is 0 Å². The topological polar surface area (TPSA) is 234 Å². The molecule has 0 aromatic rings. The van der Waals surface area contributed by atoms with Crippen molar-refractivity contribution in [3.8, 4) is 0 Å². The molecule has 0 saturated carbocycles. The van der Waals surface area contributed by atoms with Gasteiger partial charge < -0.3 is 42.7 Å². The number of carbonyl (C=O) groups excluding carboxylic acids is 3. The first-order valence-electron chi connectivity index (χ1n) is 8.50. The summed E-state index contributed by atoms with van der Waals surface area (Å²) in [6.07, 6.45) is 0.590. The monoisotopic (exact) mass is 405 g/mol. The van der Waals surface area contributed by atoms with Gasteiger partial charge in [0.1, 0.15) is 12.1 Å². The second kappa shape index (κ2) is 13.4. The number of carbonyl (C=O) groups is 5. The number of hydrogen-bond donors (Lipinski definition) is 8. The summed E-state index contributed by atoms with van der Waals surface area (Å²) >= 11 is 0. The quantitative estimate of drug-likeness (QED) is 0.131. The number of aliphatic carboxylic acids is 2. The smallest absolute Gasteiger partial charge is 0.328 e. The number of rotatable bonds is 14. The number of amides is 3. The fraction of sp³-hybridized carbons (Fsp3) is 0.667. The van der Waals surface area contributed by atoms with Crippen LogP contribution in [0.15, 0.2) is 0 Å². The van der Waals surface area contributed by atoms with Crippen molar-refractivity contribution in [2.75, 3.05) is 19.7 Å². The van der Waals surface area contributed by atoms with Gasteiger partial charge in [-0.15, -0.1) is 0 Å². The Kier molecular flexibility index (Phi) is 12.1. The third kappa shape index (κ3) is 10.4. The largest absolute Gasteiger partial charge is 0.481 e. The van der Waals surface area contributed by atoms with E-state index in [2.05, 4.69) is 10.6 Å². The van der Waals surface area contributed by atoms with Gasteiger partial charge in [0.25, 0.3) is 0 Å². The van der Waals surface area contributed by atoms with Crippen molar-refractivity contribution >= 4 is 29.7 Å². The van der Waals surface area contributed by atoms with Gasteiger partial charge in [-0.25, -0.2) is 4.79 Å². The zero-order valence-corrected chi connectivity index (χ0v) is 15.2. The number of aliphatic hydroxyl groups excluding tert-OH is 1. The van der Waals surface area contributed by atoms with Crippen LogP contribution in [0, 0.1) is 0 Å². The molecular formula is C15H27N5O8. The zero-order valence-electron chi connectivity index (χ0n) is 15.2. The summed E-state index contributed by atoms with van der Waals surface area (Å²) in [5, 5.41) is 32.8. The molecule has 0 aliphatic carbocycles. The lowest BCUT2D eigenvalue weighted by atomic mass is 10.1. The van der Waals surface area contributed by atoms with Crippen LogP contribution in [0.3, 0.4) is 0 Å². The Labute approximate surface area is 160 Å². The van der Waals surface area contributed by atoms with Gasteiger partial charge in [-0.1, -0.05) is 0 Å². The van der Waals surface area contributed by atoms with E-state index in [1.807, 2.05) is 5.32 Å². The molecule has 0 heterocycles. The molecule has 0 bridgehead atoms. The minimum atomic E-state index is -1.52. The van der Waals surface area contributed by atoms with E-state index in [0.29, 0.717) is 19.4 Å². The molecule has 0 spiro atoms. The number of nitrogens with two attached hydrogens (primary N) is 2. The third-order valence-corrected chi connectivity index (χ3v) is 3.55. The summed E-state index contributed by atoms with van der Waals surface area (Å²) in [5.41, 5.74) is 10.8. The number of hydrogen-bond acceptors (Lipinski definition) is 8. The summed E-state index contributed by atoms with van der Waals surface area (Å²) in [6.45, 7) is -1.05. The van der Waals surface area contributed by atoms with Crippen LogP contribution in [0.2, 0.25) is 0 Å². The Morgan fingerprint density at radius 3 is 2.07 bits per heavy atom. The van der Waals surface area contributed by atoms with E-state index in [1.54, 1.807) is 0 Å². The summed E-state index contributed by atoms with van der Waals surface area (Å²) in [4.78, 5) is 57.2. The third-order valence-electron chi connectivity index (χ3n) is 3.55. The fourth-order valence-corrected chi connectivity index (χ4v) is 2.04. The molecular weight excluding hydrogens is 378 g/mol. The fourth-order valence-electron chi connectivity index (χ4n) is 2.04. The summed E-state index contributed by atoms with van der Waals surface area (Å²) in [7, 11) is 0. The standard InChI is InChI=1S/C15H27N5O8/c16-4-2-1-3-9(20-13(25)8(17)5-12(23)24)14(26)18-6-11(22)19-10(7-21)15(27)28/h8-10,21H,1-7,16-17H2,(H,18,26)(H,19,22)(H,20,25)(H,23,24)(H,27,28). The van der Waals surface area contributed by atoms with E-state index in [4.69, 9.17) is 26.8 Å². The van der Waals surface area contributed by atoms with Crippen LogP contribution in [0.4, 0.5) is 0 Å². The molecule has 0 saturated heterocycles. The number of nitrogens with one attached hydrogen (secondary N) is 3. The molecule has 3 unspecified atom stereocenters. The average molecular weight is 405 g/mol. The Morgan fingerprint density at radius 1 is 0.929 bits per heavy atom. The van der Waals surface area contributed by atoms with Gasteiger partial charge in [-0.2, -0.15) is 0 Å². The lowest BCUT2D eigenvalue weighted by molar-refractivity contribution is -0.142. The molecule has 3 atom stereocenters. The van der Waals surface area contributed by atoms with E-state index in [0.717, 1.165) is 0 Å². The maximum atomic E-state index is 12.3. The lowest BCUT2D eigenvalue weighted by Crippen LogP contribution is -2.54. The van der Waals surface area contributed by atoms with Gasteiger partial charge in [0, 0.05) is 0 Å². The number of unbranched alkanes of at least 4 members (excludes halogenated alkanes) is 1. The van der Waals surface area contributed by atoms with Crippen LogP contribution in [0.25, 0.3) is 0 Å². The van der Waals surface area contributed by atoms with E-state index in [9.17, 15) is 24.0 Å². The lowest BCUT2D eigenvalue weighted by Gasteiger charge is -2.20. The first kappa shape index (κ1) is 25.2. The van der Waals surface area contributed by atoms with Crippen LogP contribution < -0.4 is 27.4 Å². The molecule has 0 rings (SSSR count). The molecule has 0 aromatic carbocycles. The van der Waals surface area contributed by atoms with Crippen molar-refractivity contribution in [3.05, 3.63) is 0 Å². The molecule has 0 radical (unpaired) electrons. The molecule has 160 valence electrons. The van der Waals surface area contributed by atoms with E-state index >= 15 is 0 Å². The number of aliphatic hydroxyl groups is 1. The van der Waals surface area contributed by atoms with Crippen LogP contribution in [0.5, 0.6) is 0 Å². The Morgan fingerprint density at radius 2 is 1.57 bits per heavy atom.